The van der Waals surface area contributed by atoms with Crippen molar-refractivity contribution in [1.82, 2.24) is 15.5 Å². The maximum absolute atomic E-state index is 12.1. The third kappa shape index (κ3) is 4.16. The summed E-state index contributed by atoms with van der Waals surface area (Å²) in [5, 5.41) is 11.8. The monoisotopic (exact) mass is 338 g/mol. The molecule has 1 fully saturated rings. The van der Waals surface area contributed by atoms with E-state index in [0.717, 1.165) is 43.0 Å². The zero-order chi connectivity index (χ0) is 17.8. The number of aromatic nitrogens is 2. The summed E-state index contributed by atoms with van der Waals surface area (Å²) in [4.78, 5) is 14.3. The molecule has 0 bridgehead atoms. The molecule has 25 heavy (non-hydrogen) atoms. The molecule has 1 N–H and O–H groups in total. The molecule has 1 aliphatic rings. The lowest BCUT2D eigenvalue weighted by atomic mass is 9.95. The molecule has 1 aromatic carbocycles. The molecule has 5 heteroatoms. The molecule has 5 nitrogen and oxygen atoms in total. The Balaban J connectivity index is 1.63. The average Bonchev–Trinajstić information content (AvgIpc) is 2.62. The first-order valence-corrected chi connectivity index (χ1v) is 8.99. The van der Waals surface area contributed by atoms with E-state index in [9.17, 15) is 4.79 Å². The number of rotatable bonds is 4. The van der Waals surface area contributed by atoms with E-state index in [1.54, 1.807) is 0 Å². The van der Waals surface area contributed by atoms with Crippen molar-refractivity contribution >= 4 is 11.7 Å². The molecule has 0 unspecified atom stereocenters. The molecule has 2 heterocycles. The van der Waals surface area contributed by atoms with Gasteiger partial charge < -0.3 is 10.2 Å². The third-order valence-electron chi connectivity index (χ3n) is 4.69. The molecular weight excluding hydrogens is 312 g/mol. The van der Waals surface area contributed by atoms with Gasteiger partial charge in [0.1, 0.15) is 0 Å². The van der Waals surface area contributed by atoms with Gasteiger partial charge in [-0.15, -0.1) is 10.2 Å². The highest BCUT2D eigenvalue weighted by molar-refractivity contribution is 5.79. The Labute approximate surface area is 149 Å². The van der Waals surface area contributed by atoms with E-state index in [1.807, 2.05) is 38.1 Å². The van der Waals surface area contributed by atoms with Crippen LogP contribution in [0.25, 0.3) is 11.3 Å². The summed E-state index contributed by atoms with van der Waals surface area (Å²) in [6.07, 6.45) is 1.72. The van der Waals surface area contributed by atoms with Crippen molar-refractivity contribution in [3.63, 3.8) is 0 Å². The molecule has 1 aliphatic heterocycles. The second kappa shape index (κ2) is 7.64. The van der Waals surface area contributed by atoms with Crippen LogP contribution in [0.4, 0.5) is 5.82 Å². The Kier molecular flexibility index (Phi) is 5.31. The number of hydrogen-bond acceptors (Lipinski definition) is 4. The lowest BCUT2D eigenvalue weighted by molar-refractivity contribution is -0.126. The number of nitrogens with zero attached hydrogens (tertiary/aromatic N) is 3. The van der Waals surface area contributed by atoms with E-state index < -0.39 is 0 Å². The normalized spacial score (nSPS) is 15.4. The molecule has 0 aliphatic carbocycles. The van der Waals surface area contributed by atoms with Crippen molar-refractivity contribution < 1.29 is 4.79 Å². The van der Waals surface area contributed by atoms with Crippen molar-refractivity contribution in [3.8, 4) is 11.3 Å². The molecule has 1 saturated heterocycles. The summed E-state index contributed by atoms with van der Waals surface area (Å²) in [6, 6.07) is 12.5. The lowest BCUT2D eigenvalue weighted by Crippen LogP contribution is -2.42. The van der Waals surface area contributed by atoms with Gasteiger partial charge in [-0.25, -0.2) is 0 Å². The van der Waals surface area contributed by atoms with Gasteiger partial charge in [-0.3, -0.25) is 4.79 Å². The molecule has 1 amide bonds. The van der Waals surface area contributed by atoms with Gasteiger partial charge in [0.2, 0.25) is 5.91 Å². The highest BCUT2D eigenvalue weighted by Crippen LogP contribution is 2.24. The summed E-state index contributed by atoms with van der Waals surface area (Å²) < 4.78 is 0. The predicted octanol–water partition coefficient (Wildman–Crippen LogP) is 3.19. The molecule has 2 aromatic rings. The fourth-order valence-corrected chi connectivity index (χ4v) is 3.27. The number of piperidine rings is 1. The smallest absolute Gasteiger partial charge is 0.223 e. The van der Waals surface area contributed by atoms with Crippen LogP contribution in [0.3, 0.4) is 0 Å². The van der Waals surface area contributed by atoms with Crippen LogP contribution in [-0.2, 0) is 4.79 Å². The number of carbonyl (C=O) groups excluding carboxylic acids is 1. The van der Waals surface area contributed by atoms with Gasteiger partial charge >= 0.3 is 0 Å². The molecular formula is C20H26N4O. The van der Waals surface area contributed by atoms with Crippen molar-refractivity contribution in [2.75, 3.05) is 18.0 Å². The summed E-state index contributed by atoms with van der Waals surface area (Å²) in [5.41, 5.74) is 3.21. The summed E-state index contributed by atoms with van der Waals surface area (Å²) in [5.74, 6) is 1.17. The fourth-order valence-electron chi connectivity index (χ4n) is 3.27. The SMILES string of the molecule is Cc1ccccc1-c1ccc(N2CCC(C(=O)NC(C)C)CC2)nn1. The van der Waals surface area contributed by atoms with Crippen molar-refractivity contribution in [2.45, 2.75) is 39.7 Å². The van der Waals surface area contributed by atoms with E-state index in [-0.39, 0.29) is 17.9 Å². The summed E-state index contributed by atoms with van der Waals surface area (Å²) >= 11 is 0. The maximum Gasteiger partial charge on any atom is 0.223 e. The number of carbonyl (C=O) groups is 1. The van der Waals surface area contributed by atoms with Crippen molar-refractivity contribution in [3.05, 3.63) is 42.0 Å². The standard InChI is InChI=1S/C20H26N4O/c1-14(2)21-20(25)16-10-12-24(13-11-16)19-9-8-18(22-23-19)17-7-5-4-6-15(17)3/h4-9,14,16H,10-13H2,1-3H3,(H,21,25). The van der Waals surface area contributed by atoms with Crippen molar-refractivity contribution in [2.24, 2.45) is 5.92 Å². The molecule has 132 valence electrons. The van der Waals surface area contributed by atoms with Crippen LogP contribution in [-0.4, -0.2) is 35.2 Å². The summed E-state index contributed by atoms with van der Waals surface area (Å²) in [7, 11) is 0. The highest BCUT2D eigenvalue weighted by Gasteiger charge is 2.26. The van der Waals surface area contributed by atoms with Gasteiger partial charge in [0, 0.05) is 30.6 Å². The number of anilines is 1. The largest absolute Gasteiger partial charge is 0.355 e. The number of nitrogens with one attached hydrogen (secondary N) is 1. The minimum atomic E-state index is 0.109. The van der Waals surface area contributed by atoms with E-state index in [1.165, 1.54) is 5.56 Å². The molecule has 3 rings (SSSR count). The number of hydrogen-bond donors (Lipinski definition) is 1. The first-order valence-electron chi connectivity index (χ1n) is 8.99. The fraction of sp³-hybridized carbons (Fsp3) is 0.450. The predicted molar refractivity (Wildman–Crippen MR) is 100 cm³/mol. The van der Waals surface area contributed by atoms with Crippen molar-refractivity contribution in [1.29, 1.82) is 0 Å². The maximum atomic E-state index is 12.1. The molecule has 0 radical (unpaired) electrons. The summed E-state index contributed by atoms with van der Waals surface area (Å²) in [6.45, 7) is 7.76. The Morgan fingerprint density at radius 1 is 1.12 bits per heavy atom. The molecule has 0 atom stereocenters. The topological polar surface area (TPSA) is 58.1 Å². The van der Waals surface area contributed by atoms with Crippen LogP contribution in [0.1, 0.15) is 32.3 Å². The second-order valence-corrected chi connectivity index (χ2v) is 7.02. The number of amides is 1. The second-order valence-electron chi connectivity index (χ2n) is 7.02. The van der Waals surface area contributed by atoms with Gasteiger partial charge in [0.05, 0.1) is 5.69 Å². The van der Waals surface area contributed by atoms with Crippen LogP contribution in [0.5, 0.6) is 0 Å². The first-order chi connectivity index (χ1) is 12.0. The van der Waals surface area contributed by atoms with Gasteiger partial charge in [-0.05, 0) is 51.3 Å². The van der Waals surface area contributed by atoms with Gasteiger partial charge in [0.25, 0.3) is 0 Å². The quantitative estimate of drug-likeness (QED) is 0.930. The molecule has 1 aromatic heterocycles. The van der Waals surface area contributed by atoms with Gasteiger partial charge in [-0.1, -0.05) is 24.3 Å². The Bertz CT molecular complexity index is 719. The lowest BCUT2D eigenvalue weighted by Gasteiger charge is -2.32. The van der Waals surface area contributed by atoms with Crippen LogP contribution < -0.4 is 10.2 Å². The Morgan fingerprint density at radius 2 is 1.84 bits per heavy atom. The highest BCUT2D eigenvalue weighted by atomic mass is 16.1. The number of benzene rings is 1. The van der Waals surface area contributed by atoms with Gasteiger partial charge in [-0.2, -0.15) is 0 Å². The first kappa shape index (κ1) is 17.4. The Morgan fingerprint density at radius 3 is 2.44 bits per heavy atom. The van der Waals surface area contributed by atoms with Crippen LogP contribution in [0, 0.1) is 12.8 Å². The van der Waals surface area contributed by atoms with E-state index in [4.69, 9.17) is 0 Å². The van der Waals surface area contributed by atoms with Gasteiger partial charge in [0.15, 0.2) is 5.82 Å². The van der Waals surface area contributed by atoms with Crippen LogP contribution >= 0.6 is 0 Å². The molecule has 0 saturated carbocycles. The van der Waals surface area contributed by atoms with Crippen LogP contribution in [0.2, 0.25) is 0 Å². The number of aryl methyl sites for hydroxylation is 1. The Hall–Kier alpha value is -2.43. The third-order valence-corrected chi connectivity index (χ3v) is 4.69. The van der Waals surface area contributed by atoms with E-state index in [0.29, 0.717) is 0 Å². The zero-order valence-corrected chi connectivity index (χ0v) is 15.2. The zero-order valence-electron chi connectivity index (χ0n) is 15.2. The van der Waals surface area contributed by atoms with Crippen LogP contribution in [0.15, 0.2) is 36.4 Å². The molecule has 0 spiro atoms. The average molecular weight is 338 g/mol. The minimum Gasteiger partial charge on any atom is -0.355 e. The minimum absolute atomic E-state index is 0.109. The van der Waals surface area contributed by atoms with E-state index >= 15 is 0 Å². The van der Waals surface area contributed by atoms with E-state index in [2.05, 4.69) is 39.5 Å².